The number of ether oxygens (including phenoxy) is 1. The van der Waals surface area contributed by atoms with Crippen molar-refractivity contribution in [3.05, 3.63) is 57.5 Å². The predicted octanol–water partition coefficient (Wildman–Crippen LogP) is 4.22. The lowest BCUT2D eigenvalue weighted by atomic mass is 10.3. The van der Waals surface area contributed by atoms with Crippen molar-refractivity contribution in [2.24, 2.45) is 0 Å². The highest BCUT2D eigenvalue weighted by molar-refractivity contribution is 9.10. The van der Waals surface area contributed by atoms with Gasteiger partial charge < -0.3 is 4.74 Å². The first-order valence-corrected chi connectivity index (χ1v) is 6.00. The van der Waals surface area contributed by atoms with E-state index in [1.807, 2.05) is 0 Å². The number of aromatic nitrogens is 1. The Kier molecular flexibility index (Phi) is 3.97. The average Bonchev–Trinajstić information content (AvgIpc) is 2.30. The third-order valence-electron chi connectivity index (χ3n) is 2.08. The van der Waals surface area contributed by atoms with E-state index in [1.165, 1.54) is 12.1 Å². The van der Waals surface area contributed by atoms with E-state index >= 15 is 0 Å². The fraction of sp³-hybridized carbons (Fsp3) is 0.0833. The van der Waals surface area contributed by atoms with Gasteiger partial charge in [0.05, 0.1) is 4.47 Å². The second kappa shape index (κ2) is 5.47. The van der Waals surface area contributed by atoms with E-state index in [2.05, 4.69) is 20.9 Å². The Hall–Kier alpha value is -1.13. The zero-order valence-corrected chi connectivity index (χ0v) is 11.0. The zero-order chi connectivity index (χ0) is 12.3. The van der Waals surface area contributed by atoms with Gasteiger partial charge in [-0.25, -0.2) is 9.37 Å². The van der Waals surface area contributed by atoms with Gasteiger partial charge in [0.25, 0.3) is 0 Å². The lowest BCUT2D eigenvalue weighted by Gasteiger charge is -2.08. The van der Waals surface area contributed by atoms with Crippen LogP contribution in [0.15, 0.2) is 41.0 Å². The summed E-state index contributed by atoms with van der Waals surface area (Å²) in [5.41, 5.74) is 0.876. The Morgan fingerprint density at radius 2 is 2.12 bits per heavy atom. The third-order valence-corrected chi connectivity index (χ3v) is 2.94. The Balaban J connectivity index is 2.09. The predicted molar refractivity (Wildman–Crippen MR) is 67.7 cm³/mol. The molecule has 88 valence electrons. The van der Waals surface area contributed by atoms with E-state index in [4.69, 9.17) is 16.3 Å². The molecule has 0 bridgehead atoms. The molecule has 2 aromatic rings. The summed E-state index contributed by atoms with van der Waals surface area (Å²) < 4.78 is 19.2. The van der Waals surface area contributed by atoms with Crippen LogP contribution in [0.5, 0.6) is 5.75 Å². The highest BCUT2D eigenvalue weighted by Gasteiger charge is 2.03. The molecule has 1 aromatic carbocycles. The summed E-state index contributed by atoms with van der Waals surface area (Å²) in [6.45, 7) is 0.310. The number of nitrogens with zero attached hydrogens (tertiary/aromatic N) is 1. The largest absolute Gasteiger partial charge is 0.488 e. The van der Waals surface area contributed by atoms with Crippen molar-refractivity contribution in [3.63, 3.8) is 0 Å². The van der Waals surface area contributed by atoms with E-state index in [0.29, 0.717) is 22.0 Å². The van der Waals surface area contributed by atoms with E-state index < -0.39 is 0 Å². The monoisotopic (exact) mass is 315 g/mol. The van der Waals surface area contributed by atoms with Gasteiger partial charge in [-0.1, -0.05) is 11.6 Å². The van der Waals surface area contributed by atoms with Crippen molar-refractivity contribution in [3.8, 4) is 5.75 Å². The molecule has 0 N–H and O–H groups in total. The number of benzene rings is 1. The molecule has 0 spiro atoms. The topological polar surface area (TPSA) is 22.1 Å². The minimum atomic E-state index is -0.337. The normalized spacial score (nSPS) is 10.3. The van der Waals surface area contributed by atoms with Gasteiger partial charge in [0, 0.05) is 12.3 Å². The molecule has 17 heavy (non-hydrogen) atoms. The summed E-state index contributed by atoms with van der Waals surface area (Å²) in [5, 5.41) is 0.407. The van der Waals surface area contributed by atoms with E-state index in [0.717, 1.165) is 5.56 Å². The Bertz CT molecular complexity index is 536. The van der Waals surface area contributed by atoms with Crippen LogP contribution >= 0.6 is 27.5 Å². The van der Waals surface area contributed by atoms with Crippen molar-refractivity contribution >= 4 is 27.5 Å². The Labute approximate surface area is 112 Å². The smallest absolute Gasteiger partial charge is 0.136 e. The molecule has 0 saturated heterocycles. The first-order valence-electron chi connectivity index (χ1n) is 4.83. The highest BCUT2D eigenvalue weighted by Crippen LogP contribution is 2.26. The van der Waals surface area contributed by atoms with Gasteiger partial charge in [0.2, 0.25) is 0 Å². The molecule has 0 saturated carbocycles. The summed E-state index contributed by atoms with van der Waals surface area (Å²) in [6.07, 6.45) is 1.60. The summed E-state index contributed by atoms with van der Waals surface area (Å²) in [5.74, 6) is 0.119. The van der Waals surface area contributed by atoms with Gasteiger partial charge in [-0.15, -0.1) is 0 Å². The number of rotatable bonds is 3. The average molecular weight is 317 g/mol. The molecule has 5 heteroatoms. The molecule has 0 amide bonds. The van der Waals surface area contributed by atoms with Crippen molar-refractivity contribution in [2.45, 2.75) is 6.61 Å². The summed E-state index contributed by atoms with van der Waals surface area (Å²) in [6, 6.07) is 7.78. The van der Waals surface area contributed by atoms with Crippen LogP contribution in [0.25, 0.3) is 0 Å². The highest BCUT2D eigenvalue weighted by atomic mass is 79.9. The quantitative estimate of drug-likeness (QED) is 0.791. The Morgan fingerprint density at radius 3 is 2.88 bits per heavy atom. The standard InChI is InChI=1S/C12H8BrClFNO/c13-10-2-1-9(15)6-11(10)17-7-8-3-4-16-12(14)5-8/h1-6H,7H2. The lowest BCUT2D eigenvalue weighted by molar-refractivity contribution is 0.302. The molecule has 0 aliphatic rings. The molecule has 0 unspecified atom stereocenters. The summed E-state index contributed by atoms with van der Waals surface area (Å²) >= 11 is 9.04. The number of halogens is 3. The second-order valence-corrected chi connectivity index (χ2v) is 4.59. The number of pyridine rings is 1. The Morgan fingerprint density at radius 1 is 1.29 bits per heavy atom. The fourth-order valence-electron chi connectivity index (χ4n) is 1.28. The van der Waals surface area contributed by atoms with Gasteiger partial charge in [0.1, 0.15) is 23.3 Å². The maximum atomic E-state index is 13.0. The van der Waals surface area contributed by atoms with Crippen LogP contribution in [0.1, 0.15) is 5.56 Å². The van der Waals surface area contributed by atoms with Gasteiger partial charge in [-0.05, 0) is 45.8 Å². The van der Waals surface area contributed by atoms with Crippen LogP contribution in [-0.4, -0.2) is 4.98 Å². The van der Waals surface area contributed by atoms with E-state index in [-0.39, 0.29) is 5.82 Å². The zero-order valence-electron chi connectivity index (χ0n) is 8.66. The molecule has 0 fully saturated rings. The van der Waals surface area contributed by atoms with Crippen molar-refractivity contribution in [2.75, 3.05) is 0 Å². The van der Waals surface area contributed by atoms with Gasteiger partial charge >= 0.3 is 0 Å². The van der Waals surface area contributed by atoms with E-state index in [9.17, 15) is 4.39 Å². The lowest BCUT2D eigenvalue weighted by Crippen LogP contribution is -1.97. The number of hydrogen-bond acceptors (Lipinski definition) is 2. The van der Waals surface area contributed by atoms with Gasteiger partial charge in [-0.2, -0.15) is 0 Å². The molecular formula is C12H8BrClFNO. The number of hydrogen-bond donors (Lipinski definition) is 0. The molecule has 1 aromatic heterocycles. The van der Waals surface area contributed by atoms with Crippen LogP contribution in [0.2, 0.25) is 5.15 Å². The van der Waals surface area contributed by atoms with Crippen LogP contribution in [0, 0.1) is 5.82 Å². The van der Waals surface area contributed by atoms with Crippen LogP contribution in [0.4, 0.5) is 4.39 Å². The fourth-order valence-corrected chi connectivity index (χ4v) is 1.84. The molecule has 0 atom stereocenters. The molecule has 2 rings (SSSR count). The maximum Gasteiger partial charge on any atom is 0.136 e. The summed E-state index contributed by atoms with van der Waals surface area (Å²) in [7, 11) is 0. The first-order chi connectivity index (χ1) is 8.15. The van der Waals surface area contributed by atoms with Gasteiger partial charge in [0.15, 0.2) is 0 Å². The van der Waals surface area contributed by atoms with Crippen molar-refractivity contribution in [1.29, 1.82) is 0 Å². The third kappa shape index (κ3) is 3.41. The minimum absolute atomic E-state index is 0.310. The SMILES string of the molecule is Fc1ccc(Br)c(OCc2ccnc(Cl)c2)c1. The second-order valence-electron chi connectivity index (χ2n) is 3.35. The maximum absolute atomic E-state index is 13.0. The van der Waals surface area contributed by atoms with Crippen LogP contribution in [0.3, 0.4) is 0 Å². The van der Waals surface area contributed by atoms with E-state index in [1.54, 1.807) is 24.4 Å². The molecular weight excluding hydrogens is 308 g/mol. The molecule has 0 radical (unpaired) electrons. The van der Waals surface area contributed by atoms with Crippen molar-refractivity contribution in [1.82, 2.24) is 4.98 Å². The molecule has 2 nitrogen and oxygen atoms in total. The molecule has 1 heterocycles. The van der Waals surface area contributed by atoms with Crippen LogP contribution in [-0.2, 0) is 6.61 Å². The first kappa shape index (κ1) is 12.3. The summed E-state index contributed by atoms with van der Waals surface area (Å²) in [4.78, 5) is 3.87. The molecule has 0 aliphatic heterocycles. The minimum Gasteiger partial charge on any atom is -0.488 e. The van der Waals surface area contributed by atoms with Crippen molar-refractivity contribution < 1.29 is 9.13 Å². The van der Waals surface area contributed by atoms with Gasteiger partial charge in [-0.3, -0.25) is 0 Å². The molecule has 0 aliphatic carbocycles. The van der Waals surface area contributed by atoms with Crippen LogP contribution < -0.4 is 4.74 Å².